The van der Waals surface area contributed by atoms with E-state index in [2.05, 4.69) is 42.5 Å². The Kier molecular flexibility index (Phi) is 23.6. The Hall–Kier alpha value is -4.79. The van der Waals surface area contributed by atoms with Crippen LogP contribution in [0.2, 0.25) is 20.1 Å². The summed E-state index contributed by atoms with van der Waals surface area (Å²) in [4.78, 5) is 21.7. The van der Waals surface area contributed by atoms with Gasteiger partial charge in [-0.15, -0.1) is 0 Å². The lowest BCUT2D eigenvalue weighted by molar-refractivity contribution is -0.385. The fourth-order valence-electron chi connectivity index (χ4n) is 8.24. The van der Waals surface area contributed by atoms with Gasteiger partial charge in [-0.3, -0.25) is 14.9 Å². The quantitative estimate of drug-likeness (QED) is 0.0402. The topological polar surface area (TPSA) is 232 Å². The Morgan fingerprint density at radius 1 is 0.631 bits per heavy atom. The highest BCUT2D eigenvalue weighted by molar-refractivity contribution is 9.11. The molecular weight excluding hydrogens is 1290 g/mol. The molecule has 3 aliphatic heterocycles. The van der Waals surface area contributed by atoms with E-state index >= 15 is 0 Å². The number of benzene rings is 5. The summed E-state index contributed by atoms with van der Waals surface area (Å²) in [5.74, 6) is -0.232. The number of aromatic nitrogens is 1. The van der Waals surface area contributed by atoms with Crippen LogP contribution in [-0.4, -0.2) is 76.8 Å². The number of nitrogen functional groups attached to an aromatic ring is 3. The highest BCUT2D eigenvalue weighted by Crippen LogP contribution is 2.43. The summed E-state index contributed by atoms with van der Waals surface area (Å²) >= 11 is 29.4. The number of aryl methyl sites for hydroxylation is 2. The standard InChI is InChI=1S/C23H22ClN3O2.C12H24B2O4.C12H17BClNO2.C6H3BrClNO2.C6H5BrClN/c1-3-29-23(28)11-7-18-6-10-22(19-8-5-17(24)13-20(19)26)27(18)21-9-4-16(14-25)12-15(21)2;1-9(2)10(3,4)16-13(15-9)14-17-11(5,6)12(7,8)18-14;1-11(2)12(3,4)17-13(16-11)9-6-5-8(14)7-10(9)15;7-5-2-1-4(8)3-6(5)9(10)11;7-5-2-1-4(8)3-6(5)9/h4-6,8-10,12-13H,3,7,11,26H2,1-2H3;1-8H3;5-7H,15H2,1-4H3;1-3H;1-3H,9H2. The van der Waals surface area contributed by atoms with Crippen LogP contribution < -0.4 is 22.7 Å². The maximum atomic E-state index is 11.9. The summed E-state index contributed by atoms with van der Waals surface area (Å²) < 4.78 is 44.2. The zero-order valence-corrected chi connectivity index (χ0v) is 55.8. The van der Waals surface area contributed by atoms with Crippen molar-refractivity contribution in [2.45, 2.75) is 143 Å². The number of nitro groups is 1. The van der Waals surface area contributed by atoms with Gasteiger partial charge in [0, 0.05) is 70.1 Å². The molecule has 0 aliphatic carbocycles. The molecule has 0 amide bonds. The molecule has 0 unspecified atom stereocenters. The van der Waals surface area contributed by atoms with E-state index in [4.69, 9.17) is 96.3 Å². The highest BCUT2D eigenvalue weighted by atomic mass is 79.9. The van der Waals surface area contributed by atoms with Crippen LogP contribution in [0.1, 0.15) is 113 Å². The van der Waals surface area contributed by atoms with Gasteiger partial charge >= 0.3 is 27.1 Å². The molecule has 16 nitrogen and oxygen atoms in total. The molecule has 0 saturated carbocycles. The normalized spacial score (nSPS) is 17.2. The third-order valence-electron chi connectivity index (χ3n) is 15.1. The largest absolute Gasteiger partial charge is 0.496 e. The van der Waals surface area contributed by atoms with Gasteiger partial charge in [-0.2, -0.15) is 5.26 Å². The molecule has 1 aromatic heterocycles. The number of hydrogen-bond acceptors (Lipinski definition) is 14. The van der Waals surface area contributed by atoms with E-state index in [1.165, 1.54) is 6.07 Å². The summed E-state index contributed by atoms with van der Waals surface area (Å²) in [6.45, 7) is 28.4. The predicted molar refractivity (Wildman–Crippen MR) is 348 cm³/mol. The number of nitriles is 1. The third-order valence-corrected chi connectivity index (χ3v) is 17.4. The molecule has 3 fully saturated rings. The van der Waals surface area contributed by atoms with Gasteiger partial charge in [0.1, 0.15) is 0 Å². The second-order valence-corrected chi connectivity index (χ2v) is 26.3. The van der Waals surface area contributed by atoms with Crippen molar-refractivity contribution in [3.05, 3.63) is 159 Å². The number of ether oxygens (including phenoxy) is 1. The molecule has 5 aromatic carbocycles. The number of hydrogen-bond donors (Lipinski definition) is 3. The van der Waals surface area contributed by atoms with E-state index in [1.54, 1.807) is 61.5 Å². The Morgan fingerprint density at radius 3 is 1.51 bits per heavy atom. The van der Waals surface area contributed by atoms with Crippen LogP contribution in [0.25, 0.3) is 16.9 Å². The third kappa shape index (κ3) is 17.5. The molecule has 3 saturated heterocycles. The van der Waals surface area contributed by atoms with Crippen LogP contribution >= 0.6 is 78.3 Å². The zero-order valence-electron chi connectivity index (χ0n) is 49.6. The summed E-state index contributed by atoms with van der Waals surface area (Å²) in [5, 5.41) is 21.7. The highest BCUT2D eigenvalue weighted by Gasteiger charge is 2.64. The van der Waals surface area contributed by atoms with E-state index in [1.807, 2.05) is 132 Å². The molecule has 25 heteroatoms. The van der Waals surface area contributed by atoms with E-state index in [9.17, 15) is 20.2 Å². The average Bonchev–Trinajstić information content (AvgIpc) is 2.04. The molecule has 448 valence electrons. The van der Waals surface area contributed by atoms with Crippen LogP contribution in [-0.2, 0) is 43.9 Å². The first-order chi connectivity index (χ1) is 38.9. The summed E-state index contributed by atoms with van der Waals surface area (Å²) in [6, 6.07) is 32.2. The number of nitrogens with zero attached hydrogens (tertiary/aromatic N) is 3. The molecule has 0 spiro atoms. The molecule has 3 aliphatic rings. The molecular formula is C59H71B3Br2Cl4N6O10. The second-order valence-electron chi connectivity index (χ2n) is 22.8. The summed E-state index contributed by atoms with van der Waals surface area (Å²) in [6.07, 6.45) is 0.800. The van der Waals surface area contributed by atoms with Crippen molar-refractivity contribution in [1.29, 1.82) is 5.26 Å². The van der Waals surface area contributed by atoms with Gasteiger partial charge in [0.15, 0.2) is 0 Å². The van der Waals surface area contributed by atoms with Crippen molar-refractivity contribution in [1.82, 2.24) is 4.57 Å². The van der Waals surface area contributed by atoms with Crippen LogP contribution in [0, 0.1) is 28.4 Å². The lowest BCUT2D eigenvalue weighted by Gasteiger charge is -2.32. The SMILES string of the molecule is CC1(C)OB(B2OC(C)(C)C(C)(C)O2)OC1(C)C.CC1(C)OB(c2ccc(Cl)cc2N)OC1(C)C.CCOC(=O)CCc1ccc(-c2ccc(Cl)cc2N)n1-c1ccc(C#N)cc1C.Nc1cc(Cl)ccc1Br.O=[N+]([O-])c1cc(Cl)ccc1Br. The van der Waals surface area contributed by atoms with Crippen molar-refractivity contribution in [2.24, 2.45) is 0 Å². The van der Waals surface area contributed by atoms with Gasteiger partial charge in [-0.25, -0.2) is 0 Å². The van der Waals surface area contributed by atoms with Gasteiger partial charge in [0.25, 0.3) is 5.69 Å². The smallest absolute Gasteiger partial charge is 0.466 e. The van der Waals surface area contributed by atoms with E-state index in [0.717, 1.165) is 38.1 Å². The van der Waals surface area contributed by atoms with Crippen molar-refractivity contribution >= 4 is 134 Å². The minimum absolute atomic E-state index is 0.0162. The summed E-state index contributed by atoms with van der Waals surface area (Å²) in [7, 11) is -1.38. The average molecular weight is 1360 g/mol. The number of halogens is 6. The van der Waals surface area contributed by atoms with E-state index in [0.29, 0.717) is 60.2 Å². The van der Waals surface area contributed by atoms with Crippen molar-refractivity contribution in [2.75, 3.05) is 23.8 Å². The number of anilines is 3. The molecule has 0 bridgehead atoms. The first-order valence-electron chi connectivity index (χ1n) is 26.7. The van der Waals surface area contributed by atoms with Gasteiger partial charge in [-0.05, 0) is 232 Å². The maximum Gasteiger partial charge on any atom is 0.496 e. The van der Waals surface area contributed by atoms with Crippen molar-refractivity contribution in [3.63, 3.8) is 0 Å². The Balaban J connectivity index is 0.000000204. The van der Waals surface area contributed by atoms with Crippen LogP contribution in [0.15, 0.2) is 112 Å². The second kappa shape index (κ2) is 28.4. The minimum Gasteiger partial charge on any atom is -0.466 e. The maximum absolute atomic E-state index is 11.9. The minimum atomic E-state index is -0.490. The first-order valence-corrected chi connectivity index (χ1v) is 29.8. The number of carbonyl (C=O) groups is 1. The van der Waals surface area contributed by atoms with Gasteiger partial charge in [0.2, 0.25) is 0 Å². The fraction of sp³-hybridized carbons (Fsp3) is 0.390. The number of carbonyl (C=O) groups excluding carboxylic acids is 1. The van der Waals surface area contributed by atoms with Crippen LogP contribution in [0.3, 0.4) is 0 Å². The van der Waals surface area contributed by atoms with E-state index < -0.39 is 26.1 Å². The molecule has 84 heavy (non-hydrogen) atoms. The van der Waals surface area contributed by atoms with Crippen LogP contribution in [0.5, 0.6) is 0 Å². The van der Waals surface area contributed by atoms with Crippen LogP contribution in [0.4, 0.5) is 22.7 Å². The lowest BCUT2D eigenvalue weighted by Crippen LogP contribution is -2.41. The lowest BCUT2D eigenvalue weighted by atomic mass is 9.49. The van der Waals surface area contributed by atoms with Crippen molar-refractivity contribution in [3.8, 4) is 23.0 Å². The van der Waals surface area contributed by atoms with E-state index in [-0.39, 0.29) is 51.7 Å². The Morgan fingerprint density at radius 2 is 1.08 bits per heavy atom. The van der Waals surface area contributed by atoms with Gasteiger partial charge in [-0.1, -0.05) is 52.5 Å². The fourth-order valence-corrected chi connectivity index (χ4v) is 9.59. The number of rotatable bonds is 9. The molecule has 9 rings (SSSR count). The Bertz CT molecular complexity index is 3300. The molecule has 0 atom stereocenters. The Labute approximate surface area is 531 Å². The zero-order chi connectivity index (χ0) is 63.1. The van der Waals surface area contributed by atoms with Gasteiger partial charge in [0.05, 0.1) is 73.4 Å². The molecule has 6 N–H and O–H groups in total. The molecule has 0 radical (unpaired) electrons. The number of nitro benzene ring substituents is 1. The molecule has 4 heterocycles. The molecule has 6 aromatic rings. The van der Waals surface area contributed by atoms with Crippen molar-refractivity contribution < 1.29 is 42.4 Å². The number of nitrogens with two attached hydrogens (primary N) is 3. The summed E-state index contributed by atoms with van der Waals surface area (Å²) in [5.41, 5.74) is 23.3. The monoisotopic (exact) mass is 1350 g/mol. The van der Waals surface area contributed by atoms with Gasteiger partial charge < -0.3 is 54.4 Å². The number of esters is 1. The predicted octanol–water partition coefficient (Wildman–Crippen LogP) is 15.2. The first kappa shape index (κ1) is 70.0.